The number of rotatable bonds is 9. The van der Waals surface area contributed by atoms with E-state index < -0.39 is 53.7 Å². The number of alkyl halides is 3. The molecule has 1 aromatic carbocycles. The average molecular weight is 550 g/mol. The van der Waals surface area contributed by atoms with Crippen LogP contribution in [0.3, 0.4) is 0 Å². The van der Waals surface area contributed by atoms with Crippen molar-refractivity contribution in [2.75, 3.05) is 6.54 Å². The first kappa shape index (κ1) is 29.9. The van der Waals surface area contributed by atoms with Crippen molar-refractivity contribution in [3.63, 3.8) is 0 Å². The first-order chi connectivity index (χ1) is 18.2. The molecule has 2 N–H and O–H groups in total. The van der Waals surface area contributed by atoms with Crippen LogP contribution in [0.5, 0.6) is 0 Å². The summed E-state index contributed by atoms with van der Waals surface area (Å²) in [7, 11) is 0. The van der Waals surface area contributed by atoms with Gasteiger partial charge in [-0.1, -0.05) is 45.9 Å². The molecule has 9 nitrogen and oxygen atoms in total. The monoisotopic (exact) mass is 549 g/mol. The smallest absolute Gasteiger partial charge is 0.344 e. The highest BCUT2D eigenvalue weighted by Crippen LogP contribution is 2.24. The summed E-state index contributed by atoms with van der Waals surface area (Å²) in [6.07, 6.45) is -4.43. The molecule has 39 heavy (non-hydrogen) atoms. The summed E-state index contributed by atoms with van der Waals surface area (Å²) in [6.45, 7) is 8.26. The van der Waals surface area contributed by atoms with Crippen molar-refractivity contribution < 1.29 is 32.3 Å². The lowest BCUT2D eigenvalue weighted by Crippen LogP contribution is -2.58. The Morgan fingerprint density at radius 1 is 0.974 bits per heavy atom. The number of likely N-dealkylation sites (tertiary alicyclic amines) is 1. The first-order valence-electron chi connectivity index (χ1n) is 12.9. The molecule has 0 radical (unpaired) electrons. The van der Waals surface area contributed by atoms with Crippen LogP contribution in [0.4, 0.5) is 13.2 Å². The number of Topliss-reactive ketones (excluding diaryl/α,β-unsaturated/α-hetero) is 1. The Kier molecular flexibility index (Phi) is 9.18. The predicted octanol–water partition coefficient (Wildman–Crippen LogP) is 3.20. The number of benzene rings is 1. The largest absolute Gasteiger partial charge is 0.452 e. The maximum Gasteiger partial charge on any atom is 0.452 e. The molecule has 1 saturated heterocycles. The van der Waals surface area contributed by atoms with Gasteiger partial charge >= 0.3 is 6.18 Å². The van der Waals surface area contributed by atoms with E-state index in [0.717, 1.165) is 5.69 Å². The van der Waals surface area contributed by atoms with E-state index in [1.54, 1.807) is 31.5 Å². The molecule has 0 spiro atoms. The van der Waals surface area contributed by atoms with E-state index in [9.17, 15) is 32.3 Å². The van der Waals surface area contributed by atoms with Gasteiger partial charge in [0.15, 0.2) is 5.69 Å². The van der Waals surface area contributed by atoms with Crippen LogP contribution < -0.4 is 10.6 Å². The zero-order valence-electron chi connectivity index (χ0n) is 22.6. The second-order valence-corrected chi connectivity index (χ2v) is 10.4. The van der Waals surface area contributed by atoms with E-state index >= 15 is 0 Å². The minimum atomic E-state index is -5.10. The number of carbonyl (C=O) groups is 4. The average Bonchev–Trinajstić information content (AvgIpc) is 3.51. The molecule has 0 aliphatic carbocycles. The molecule has 1 aliphatic heterocycles. The van der Waals surface area contributed by atoms with Gasteiger partial charge in [-0.15, -0.1) is 0 Å². The Labute approximate surface area is 225 Å². The van der Waals surface area contributed by atoms with Crippen molar-refractivity contribution in [1.29, 1.82) is 0 Å². The zero-order chi connectivity index (χ0) is 29.1. The van der Waals surface area contributed by atoms with E-state index in [1.165, 1.54) is 18.7 Å². The molecule has 0 saturated carbocycles. The summed E-state index contributed by atoms with van der Waals surface area (Å²) in [5, 5.41) is 9.29. The van der Waals surface area contributed by atoms with Crippen molar-refractivity contribution in [2.45, 2.75) is 71.8 Å². The molecule has 2 heterocycles. The van der Waals surface area contributed by atoms with Gasteiger partial charge in [-0.2, -0.15) is 18.3 Å². The van der Waals surface area contributed by atoms with Gasteiger partial charge in [0, 0.05) is 12.2 Å². The summed E-state index contributed by atoms with van der Waals surface area (Å²) >= 11 is 0. The lowest BCUT2D eigenvalue weighted by molar-refractivity contribution is -0.175. The quantitative estimate of drug-likeness (QED) is 0.499. The van der Waals surface area contributed by atoms with Gasteiger partial charge in [-0.25, -0.2) is 4.68 Å². The standard InChI is InChI=1S/C27H34F3N5O4/c1-15(2)21(23(36)27(28,29)30)31-25(38)20-12-9-13-34(20)26(39)22(16(3)4)32-24(37)19-14-17(5)35(33-19)18-10-7-6-8-11-18/h6-8,10-11,14-16,20-22H,9,12-13H2,1-5H3,(H,31,38)(H,32,37)/t20-,21-,22-/m0/s1. The lowest BCUT2D eigenvalue weighted by Gasteiger charge is -2.31. The molecule has 0 unspecified atom stereocenters. The van der Waals surface area contributed by atoms with Crippen LogP contribution in [0, 0.1) is 18.8 Å². The maximum atomic E-state index is 13.5. The van der Waals surface area contributed by atoms with Crippen LogP contribution in [0.1, 0.15) is 56.7 Å². The SMILES string of the molecule is Cc1cc(C(=O)N[C@H](C(=O)N2CCC[C@H]2C(=O)N[C@H](C(=O)C(F)(F)F)C(C)C)C(C)C)nn1-c1ccccc1. The van der Waals surface area contributed by atoms with Gasteiger partial charge in [0.2, 0.25) is 11.8 Å². The lowest BCUT2D eigenvalue weighted by atomic mass is 9.98. The number of nitrogens with one attached hydrogen (secondary N) is 2. The molecular weight excluding hydrogens is 515 g/mol. The van der Waals surface area contributed by atoms with Gasteiger partial charge in [0.05, 0.1) is 11.7 Å². The van der Waals surface area contributed by atoms with Gasteiger partial charge in [-0.05, 0) is 49.8 Å². The molecule has 1 aromatic heterocycles. The topological polar surface area (TPSA) is 113 Å². The normalized spacial score (nSPS) is 17.3. The summed E-state index contributed by atoms with van der Waals surface area (Å²) in [5.41, 5.74) is 1.58. The minimum absolute atomic E-state index is 0.107. The van der Waals surface area contributed by atoms with Crippen LogP contribution in [0.15, 0.2) is 36.4 Å². The van der Waals surface area contributed by atoms with Crippen molar-refractivity contribution in [3.8, 4) is 5.69 Å². The number of hydrogen-bond acceptors (Lipinski definition) is 5. The molecule has 2 aromatic rings. The van der Waals surface area contributed by atoms with E-state index in [1.807, 2.05) is 30.3 Å². The fourth-order valence-corrected chi connectivity index (χ4v) is 4.59. The fraction of sp³-hybridized carbons (Fsp3) is 0.519. The summed E-state index contributed by atoms with van der Waals surface area (Å²) in [6, 6.07) is 6.99. The summed E-state index contributed by atoms with van der Waals surface area (Å²) in [4.78, 5) is 52.8. The highest BCUT2D eigenvalue weighted by molar-refractivity contribution is 5.98. The summed E-state index contributed by atoms with van der Waals surface area (Å²) < 4.78 is 40.8. The van der Waals surface area contributed by atoms with Gasteiger partial charge in [-0.3, -0.25) is 19.2 Å². The predicted molar refractivity (Wildman–Crippen MR) is 137 cm³/mol. The number of nitrogens with zero attached hydrogens (tertiary/aromatic N) is 3. The Balaban J connectivity index is 1.76. The number of ketones is 1. The van der Waals surface area contributed by atoms with Crippen LogP contribution >= 0.6 is 0 Å². The zero-order valence-corrected chi connectivity index (χ0v) is 22.6. The number of para-hydroxylation sites is 1. The molecule has 1 aliphatic rings. The van der Waals surface area contributed by atoms with Crippen molar-refractivity contribution in [1.82, 2.24) is 25.3 Å². The van der Waals surface area contributed by atoms with Gasteiger partial charge < -0.3 is 15.5 Å². The molecule has 1 fully saturated rings. The van der Waals surface area contributed by atoms with Crippen LogP contribution in [-0.2, 0) is 14.4 Å². The minimum Gasteiger partial charge on any atom is -0.344 e. The van der Waals surface area contributed by atoms with Crippen LogP contribution in [-0.4, -0.2) is 69.0 Å². The Hall–Kier alpha value is -3.70. The van der Waals surface area contributed by atoms with E-state index in [-0.39, 0.29) is 24.6 Å². The van der Waals surface area contributed by atoms with Crippen molar-refractivity contribution in [2.24, 2.45) is 11.8 Å². The second-order valence-electron chi connectivity index (χ2n) is 10.4. The van der Waals surface area contributed by atoms with Gasteiger partial charge in [0.25, 0.3) is 11.7 Å². The Bertz CT molecular complexity index is 1210. The Morgan fingerprint density at radius 3 is 2.15 bits per heavy atom. The maximum absolute atomic E-state index is 13.5. The molecule has 3 rings (SSSR count). The number of hydrogen-bond donors (Lipinski definition) is 2. The fourth-order valence-electron chi connectivity index (χ4n) is 4.59. The third kappa shape index (κ3) is 6.85. The number of carbonyl (C=O) groups excluding carboxylic acids is 4. The van der Waals surface area contributed by atoms with Crippen LogP contribution in [0.25, 0.3) is 5.69 Å². The molecular formula is C27H34F3N5O4. The van der Waals surface area contributed by atoms with Crippen LogP contribution in [0.2, 0.25) is 0 Å². The number of aromatic nitrogens is 2. The number of aryl methyl sites for hydroxylation is 1. The van der Waals surface area contributed by atoms with Crippen molar-refractivity contribution in [3.05, 3.63) is 47.8 Å². The third-order valence-electron chi connectivity index (χ3n) is 6.70. The molecule has 0 bridgehead atoms. The highest BCUT2D eigenvalue weighted by Gasteiger charge is 2.46. The highest BCUT2D eigenvalue weighted by atomic mass is 19.4. The van der Waals surface area contributed by atoms with Crippen molar-refractivity contribution >= 4 is 23.5 Å². The summed E-state index contributed by atoms with van der Waals surface area (Å²) in [5.74, 6) is -5.15. The first-order valence-corrected chi connectivity index (χ1v) is 12.9. The molecule has 3 amide bonds. The van der Waals surface area contributed by atoms with E-state index in [0.29, 0.717) is 12.1 Å². The molecule has 3 atom stereocenters. The molecule has 212 valence electrons. The number of halogens is 3. The number of amides is 3. The van der Waals surface area contributed by atoms with Gasteiger partial charge in [0.1, 0.15) is 12.1 Å². The molecule has 12 heteroatoms. The van der Waals surface area contributed by atoms with E-state index in [2.05, 4.69) is 15.7 Å². The van der Waals surface area contributed by atoms with E-state index in [4.69, 9.17) is 0 Å². The second kappa shape index (κ2) is 12.0. The Morgan fingerprint density at radius 2 is 1.59 bits per heavy atom. The third-order valence-corrected chi connectivity index (χ3v) is 6.70.